The average molecular weight is 426 g/mol. The molecule has 0 aliphatic carbocycles. The van der Waals surface area contributed by atoms with Crippen LogP contribution in [-0.4, -0.2) is 57.0 Å². The van der Waals surface area contributed by atoms with Crippen LogP contribution in [0, 0.1) is 12.8 Å². The molecular formula is C20H31N3O5S. The third kappa shape index (κ3) is 6.71. The summed E-state index contributed by atoms with van der Waals surface area (Å²) in [6, 6.07) is 5.79. The lowest BCUT2D eigenvalue weighted by Gasteiger charge is -2.31. The molecule has 1 aliphatic rings. The molecule has 0 bridgehead atoms. The zero-order valence-corrected chi connectivity index (χ0v) is 18.1. The third-order valence-corrected chi connectivity index (χ3v) is 6.97. The SMILES string of the molecule is CCOC(=O)[C@@H](C)NC(=O)NCCC1CCN(S(=O)(=O)c2ccc(C)cc2)CC1. The number of piperidine rings is 1. The Morgan fingerprint density at radius 3 is 2.41 bits per heavy atom. The van der Waals surface area contributed by atoms with Gasteiger partial charge in [0.1, 0.15) is 6.04 Å². The van der Waals surface area contributed by atoms with Gasteiger partial charge in [0.05, 0.1) is 11.5 Å². The van der Waals surface area contributed by atoms with Gasteiger partial charge in [-0.1, -0.05) is 17.7 Å². The number of esters is 1. The van der Waals surface area contributed by atoms with Gasteiger partial charge in [0, 0.05) is 19.6 Å². The van der Waals surface area contributed by atoms with Crippen LogP contribution in [0.1, 0.15) is 38.7 Å². The summed E-state index contributed by atoms with van der Waals surface area (Å²) in [7, 11) is -3.45. The van der Waals surface area contributed by atoms with Crippen molar-refractivity contribution < 1.29 is 22.7 Å². The number of carbonyl (C=O) groups is 2. The summed E-state index contributed by atoms with van der Waals surface area (Å²) in [5.74, 6) is -0.118. The zero-order valence-electron chi connectivity index (χ0n) is 17.3. The summed E-state index contributed by atoms with van der Waals surface area (Å²) in [4.78, 5) is 23.7. The van der Waals surface area contributed by atoms with Gasteiger partial charge in [0.15, 0.2) is 0 Å². The molecule has 1 heterocycles. The fourth-order valence-electron chi connectivity index (χ4n) is 3.26. The Morgan fingerprint density at radius 1 is 1.21 bits per heavy atom. The van der Waals surface area contributed by atoms with E-state index < -0.39 is 28.1 Å². The van der Waals surface area contributed by atoms with Crippen LogP contribution in [-0.2, 0) is 19.6 Å². The standard InChI is InChI=1S/C20H31N3O5S/c1-4-28-19(24)16(3)22-20(25)21-12-9-17-10-13-23(14-11-17)29(26,27)18-7-5-15(2)6-8-18/h5-8,16-17H,4,9-14H2,1-3H3,(H2,21,22,25)/t16-/m1/s1. The first-order chi connectivity index (χ1) is 13.7. The van der Waals surface area contributed by atoms with E-state index in [1.807, 2.05) is 6.92 Å². The van der Waals surface area contributed by atoms with E-state index in [4.69, 9.17) is 4.74 Å². The van der Waals surface area contributed by atoms with E-state index in [1.54, 1.807) is 38.1 Å². The van der Waals surface area contributed by atoms with Gasteiger partial charge >= 0.3 is 12.0 Å². The molecule has 1 atom stereocenters. The van der Waals surface area contributed by atoms with E-state index in [9.17, 15) is 18.0 Å². The third-order valence-electron chi connectivity index (χ3n) is 5.06. The highest BCUT2D eigenvalue weighted by Crippen LogP contribution is 2.25. The van der Waals surface area contributed by atoms with Crippen molar-refractivity contribution in [1.82, 2.24) is 14.9 Å². The van der Waals surface area contributed by atoms with E-state index in [-0.39, 0.29) is 6.61 Å². The highest BCUT2D eigenvalue weighted by Gasteiger charge is 2.29. The van der Waals surface area contributed by atoms with Crippen LogP contribution in [0.25, 0.3) is 0 Å². The van der Waals surface area contributed by atoms with Gasteiger partial charge < -0.3 is 15.4 Å². The van der Waals surface area contributed by atoms with Crippen molar-refractivity contribution in [3.63, 3.8) is 0 Å². The predicted molar refractivity (Wildman–Crippen MR) is 110 cm³/mol. The number of nitrogens with zero attached hydrogens (tertiary/aromatic N) is 1. The number of amides is 2. The minimum absolute atomic E-state index is 0.269. The predicted octanol–water partition coefficient (Wildman–Crippen LogP) is 2.04. The molecule has 1 aromatic rings. The van der Waals surface area contributed by atoms with Crippen molar-refractivity contribution in [2.45, 2.75) is 51.0 Å². The number of hydrogen-bond donors (Lipinski definition) is 2. The van der Waals surface area contributed by atoms with Gasteiger partial charge in [-0.3, -0.25) is 0 Å². The monoisotopic (exact) mass is 425 g/mol. The maximum absolute atomic E-state index is 12.7. The van der Waals surface area contributed by atoms with E-state index in [0.717, 1.165) is 24.8 Å². The lowest BCUT2D eigenvalue weighted by molar-refractivity contribution is -0.144. The van der Waals surface area contributed by atoms with Gasteiger partial charge in [-0.25, -0.2) is 18.0 Å². The van der Waals surface area contributed by atoms with Crippen LogP contribution in [0.15, 0.2) is 29.2 Å². The molecule has 0 saturated carbocycles. The van der Waals surface area contributed by atoms with Crippen LogP contribution in [0.5, 0.6) is 0 Å². The lowest BCUT2D eigenvalue weighted by Crippen LogP contribution is -2.45. The van der Waals surface area contributed by atoms with Crippen LogP contribution >= 0.6 is 0 Å². The molecule has 0 unspecified atom stereocenters. The molecule has 0 spiro atoms. The minimum atomic E-state index is -3.45. The van der Waals surface area contributed by atoms with Crippen molar-refractivity contribution in [2.75, 3.05) is 26.2 Å². The zero-order chi connectivity index (χ0) is 21.4. The highest BCUT2D eigenvalue weighted by atomic mass is 32.2. The minimum Gasteiger partial charge on any atom is -0.464 e. The molecule has 29 heavy (non-hydrogen) atoms. The van der Waals surface area contributed by atoms with Gasteiger partial charge in [-0.05, 0) is 58.1 Å². The van der Waals surface area contributed by atoms with Gasteiger partial charge in [-0.2, -0.15) is 4.31 Å². The van der Waals surface area contributed by atoms with Crippen molar-refractivity contribution in [3.05, 3.63) is 29.8 Å². The fraction of sp³-hybridized carbons (Fsp3) is 0.600. The first-order valence-corrected chi connectivity index (χ1v) is 11.5. The number of benzene rings is 1. The molecular weight excluding hydrogens is 394 g/mol. The molecule has 162 valence electrons. The highest BCUT2D eigenvalue weighted by molar-refractivity contribution is 7.89. The maximum Gasteiger partial charge on any atom is 0.328 e. The second kappa shape index (κ2) is 10.6. The van der Waals surface area contributed by atoms with Crippen LogP contribution in [0.3, 0.4) is 0 Å². The molecule has 1 aliphatic heterocycles. The fourth-order valence-corrected chi connectivity index (χ4v) is 4.73. The van der Waals surface area contributed by atoms with Crippen molar-refractivity contribution >= 4 is 22.0 Å². The number of hydrogen-bond acceptors (Lipinski definition) is 5. The normalized spacial score (nSPS) is 16.8. The number of carbonyl (C=O) groups excluding carboxylic acids is 2. The van der Waals surface area contributed by atoms with E-state index in [0.29, 0.717) is 30.4 Å². The molecule has 2 amide bonds. The summed E-state index contributed by atoms with van der Waals surface area (Å²) in [5, 5.41) is 5.28. The Bertz CT molecular complexity index is 787. The summed E-state index contributed by atoms with van der Waals surface area (Å²) in [6.45, 7) is 6.90. The number of urea groups is 1. The molecule has 9 heteroatoms. The topological polar surface area (TPSA) is 105 Å². The second-order valence-electron chi connectivity index (χ2n) is 7.32. The number of nitrogens with one attached hydrogen (secondary N) is 2. The van der Waals surface area contributed by atoms with Gasteiger partial charge in [0.25, 0.3) is 0 Å². The van der Waals surface area contributed by atoms with Crippen molar-refractivity contribution in [2.24, 2.45) is 5.92 Å². The second-order valence-corrected chi connectivity index (χ2v) is 9.26. The molecule has 2 rings (SSSR count). The van der Waals surface area contributed by atoms with Crippen molar-refractivity contribution in [1.29, 1.82) is 0 Å². The maximum atomic E-state index is 12.7. The first kappa shape index (κ1) is 23.2. The Kier molecular flexibility index (Phi) is 8.45. The summed E-state index contributed by atoms with van der Waals surface area (Å²) in [5.41, 5.74) is 1.02. The number of rotatable bonds is 8. The van der Waals surface area contributed by atoms with Crippen LogP contribution < -0.4 is 10.6 Å². The molecule has 1 aromatic carbocycles. The van der Waals surface area contributed by atoms with Crippen molar-refractivity contribution in [3.8, 4) is 0 Å². The summed E-state index contributed by atoms with van der Waals surface area (Å²) in [6.07, 6.45) is 2.28. The molecule has 0 aromatic heterocycles. The van der Waals surface area contributed by atoms with Crippen LogP contribution in [0.4, 0.5) is 4.79 Å². The summed E-state index contributed by atoms with van der Waals surface area (Å²) < 4.78 is 31.9. The number of sulfonamides is 1. The Morgan fingerprint density at radius 2 is 1.83 bits per heavy atom. The quantitative estimate of drug-likeness (QED) is 0.620. The Balaban J connectivity index is 1.72. The Hall–Kier alpha value is -2.13. The molecule has 1 saturated heterocycles. The molecule has 8 nitrogen and oxygen atoms in total. The van der Waals surface area contributed by atoms with Gasteiger partial charge in [-0.15, -0.1) is 0 Å². The van der Waals surface area contributed by atoms with E-state index >= 15 is 0 Å². The number of ether oxygens (including phenoxy) is 1. The smallest absolute Gasteiger partial charge is 0.328 e. The number of aryl methyl sites for hydroxylation is 1. The first-order valence-electron chi connectivity index (χ1n) is 10.0. The van der Waals surface area contributed by atoms with E-state index in [1.165, 1.54) is 4.31 Å². The van der Waals surface area contributed by atoms with Crippen LogP contribution in [0.2, 0.25) is 0 Å². The lowest BCUT2D eigenvalue weighted by atomic mass is 9.95. The Labute approximate surface area is 173 Å². The molecule has 2 N–H and O–H groups in total. The largest absolute Gasteiger partial charge is 0.464 e. The van der Waals surface area contributed by atoms with Gasteiger partial charge in [0.2, 0.25) is 10.0 Å². The molecule has 0 radical (unpaired) electrons. The molecule has 1 fully saturated rings. The van der Waals surface area contributed by atoms with E-state index in [2.05, 4.69) is 10.6 Å². The average Bonchev–Trinajstić information content (AvgIpc) is 2.69. The summed E-state index contributed by atoms with van der Waals surface area (Å²) >= 11 is 0.